The normalized spacial score (nSPS) is 23.6. The van der Waals surface area contributed by atoms with E-state index in [-0.39, 0.29) is 5.91 Å². The number of rotatable bonds is 9. The van der Waals surface area contributed by atoms with E-state index < -0.39 is 35.1 Å². The standard InChI is InChI=1S/C19H24N2O5S/c1-27-12-10-16(19(25)26)20-15-9-5-6-11-21(18(15)24,13-17(22)23)14-7-3-2-4-8-14/h2-4,6-8,11,15-16,20H,5,9-10,12-13H2,1H3,(H-,22,23,25,26)/p+1/t15-,16-,21?/m0/s1. The van der Waals surface area contributed by atoms with Gasteiger partial charge < -0.3 is 10.2 Å². The van der Waals surface area contributed by atoms with Gasteiger partial charge in [-0.25, -0.2) is 9.59 Å². The Balaban J connectivity index is 2.38. The molecular weight excluding hydrogens is 368 g/mol. The van der Waals surface area contributed by atoms with E-state index >= 15 is 0 Å². The quantitative estimate of drug-likeness (QED) is 0.552. The fourth-order valence-electron chi connectivity index (χ4n) is 3.25. The molecule has 1 aliphatic rings. The van der Waals surface area contributed by atoms with Gasteiger partial charge in [0.25, 0.3) is 0 Å². The van der Waals surface area contributed by atoms with E-state index in [9.17, 15) is 24.6 Å². The van der Waals surface area contributed by atoms with Crippen LogP contribution in [0.3, 0.4) is 0 Å². The van der Waals surface area contributed by atoms with Crippen LogP contribution in [-0.2, 0) is 14.4 Å². The Morgan fingerprint density at radius 3 is 2.59 bits per heavy atom. The number of quaternary nitrogens is 1. The summed E-state index contributed by atoms with van der Waals surface area (Å²) in [6.45, 7) is -0.430. The van der Waals surface area contributed by atoms with E-state index in [0.717, 1.165) is 0 Å². The Morgan fingerprint density at radius 1 is 1.30 bits per heavy atom. The first kappa shape index (κ1) is 21.1. The van der Waals surface area contributed by atoms with Gasteiger partial charge in [-0.3, -0.25) is 10.1 Å². The van der Waals surface area contributed by atoms with Crippen LogP contribution in [0.1, 0.15) is 19.3 Å². The van der Waals surface area contributed by atoms with Crippen molar-refractivity contribution in [3.8, 4) is 0 Å². The molecule has 7 nitrogen and oxygen atoms in total. The maximum absolute atomic E-state index is 13.4. The molecule has 146 valence electrons. The topological polar surface area (TPSA) is 104 Å². The van der Waals surface area contributed by atoms with E-state index in [2.05, 4.69) is 5.32 Å². The lowest BCUT2D eigenvalue weighted by atomic mass is 10.1. The lowest BCUT2D eigenvalue weighted by molar-refractivity contribution is -0.144. The van der Waals surface area contributed by atoms with Crippen molar-refractivity contribution in [3.63, 3.8) is 0 Å². The number of hydrogen-bond acceptors (Lipinski definition) is 5. The molecule has 8 heteroatoms. The summed E-state index contributed by atoms with van der Waals surface area (Å²) < 4.78 is -0.470. The third-order valence-corrected chi connectivity index (χ3v) is 5.23. The maximum Gasteiger partial charge on any atom is 0.360 e. The van der Waals surface area contributed by atoms with Gasteiger partial charge in [0.15, 0.2) is 6.54 Å². The highest BCUT2D eigenvalue weighted by molar-refractivity contribution is 7.98. The van der Waals surface area contributed by atoms with Gasteiger partial charge in [0.05, 0.1) is 0 Å². The summed E-state index contributed by atoms with van der Waals surface area (Å²) in [7, 11) is 0. The third kappa shape index (κ3) is 5.18. The zero-order valence-corrected chi connectivity index (χ0v) is 16.0. The summed E-state index contributed by atoms with van der Waals surface area (Å²) in [4.78, 5) is 36.6. The monoisotopic (exact) mass is 393 g/mol. The number of carboxylic acids is 2. The van der Waals surface area contributed by atoms with E-state index in [1.807, 2.05) is 6.26 Å². The van der Waals surface area contributed by atoms with Crippen molar-refractivity contribution in [2.24, 2.45) is 0 Å². The van der Waals surface area contributed by atoms with Gasteiger partial charge in [0.2, 0.25) is 0 Å². The third-order valence-electron chi connectivity index (χ3n) is 4.59. The Hall–Kier alpha value is -2.16. The fraction of sp³-hybridized carbons (Fsp3) is 0.421. The Labute approximate surface area is 162 Å². The van der Waals surface area contributed by atoms with Gasteiger partial charge in [0, 0.05) is 12.1 Å². The van der Waals surface area contributed by atoms with Crippen LogP contribution >= 0.6 is 11.8 Å². The molecule has 3 N–H and O–H groups in total. The molecule has 1 aliphatic heterocycles. The number of amides is 1. The summed E-state index contributed by atoms with van der Waals surface area (Å²) in [6.07, 6.45) is 6.68. The van der Waals surface area contributed by atoms with E-state index in [1.165, 1.54) is 11.8 Å². The number of nitrogens with one attached hydrogen (secondary N) is 1. The van der Waals surface area contributed by atoms with Crippen LogP contribution in [-0.4, -0.2) is 58.7 Å². The van der Waals surface area contributed by atoms with Crippen molar-refractivity contribution in [1.29, 1.82) is 0 Å². The molecule has 2 rings (SSSR count). The minimum Gasteiger partial charge on any atom is -0.480 e. The predicted octanol–water partition coefficient (Wildman–Crippen LogP) is 2.08. The molecule has 1 aromatic carbocycles. The first-order valence-corrected chi connectivity index (χ1v) is 10.1. The number of allylic oxidation sites excluding steroid dienone is 1. The molecule has 0 aliphatic carbocycles. The predicted molar refractivity (Wildman–Crippen MR) is 105 cm³/mol. The maximum atomic E-state index is 13.4. The first-order valence-electron chi connectivity index (χ1n) is 8.76. The summed E-state index contributed by atoms with van der Waals surface area (Å²) in [6, 6.07) is 7.14. The summed E-state index contributed by atoms with van der Waals surface area (Å²) >= 11 is 1.54. The number of carbonyl (C=O) groups excluding carboxylic acids is 1. The fourth-order valence-corrected chi connectivity index (χ4v) is 3.72. The van der Waals surface area contributed by atoms with Crippen molar-refractivity contribution in [3.05, 3.63) is 42.6 Å². The van der Waals surface area contributed by atoms with E-state index in [1.54, 1.807) is 42.6 Å². The molecule has 0 aromatic heterocycles. The van der Waals surface area contributed by atoms with Crippen LogP contribution in [0.15, 0.2) is 42.6 Å². The number of nitrogens with zero attached hydrogens (tertiary/aromatic N) is 1. The zero-order valence-electron chi connectivity index (χ0n) is 15.2. The first-order chi connectivity index (χ1) is 12.9. The lowest BCUT2D eigenvalue weighted by Gasteiger charge is -2.33. The van der Waals surface area contributed by atoms with E-state index in [0.29, 0.717) is 30.7 Å². The molecule has 0 saturated heterocycles. The highest BCUT2D eigenvalue weighted by Gasteiger charge is 2.45. The molecule has 0 bridgehead atoms. The average Bonchev–Trinajstić information content (AvgIpc) is 2.79. The van der Waals surface area contributed by atoms with Crippen LogP contribution in [0.25, 0.3) is 0 Å². The summed E-state index contributed by atoms with van der Waals surface area (Å²) in [5, 5.41) is 21.9. The molecule has 0 radical (unpaired) electrons. The molecular formula is C19H25N2O5S+. The molecule has 1 amide bonds. The van der Waals surface area contributed by atoms with Crippen molar-refractivity contribution in [2.45, 2.75) is 31.3 Å². The van der Waals surface area contributed by atoms with Gasteiger partial charge in [-0.05, 0) is 37.3 Å². The molecule has 0 fully saturated rings. The van der Waals surface area contributed by atoms with Crippen LogP contribution in [0, 0.1) is 0 Å². The van der Waals surface area contributed by atoms with Crippen LogP contribution in [0.5, 0.6) is 0 Å². The SMILES string of the molecule is CSCC[C@H](N[C@H]1CCC=C[N+](CC(=O)O)(c2ccccc2)C1=O)C(=O)O. The smallest absolute Gasteiger partial charge is 0.360 e. The highest BCUT2D eigenvalue weighted by atomic mass is 32.2. The number of carbonyl (C=O) groups is 3. The molecule has 0 saturated carbocycles. The number of aliphatic carboxylic acids is 2. The van der Waals surface area contributed by atoms with Crippen LogP contribution < -0.4 is 9.80 Å². The second-order valence-electron chi connectivity index (χ2n) is 6.45. The second kappa shape index (κ2) is 9.68. The number of thioether (sulfide) groups is 1. The molecule has 1 heterocycles. The highest BCUT2D eigenvalue weighted by Crippen LogP contribution is 2.29. The van der Waals surface area contributed by atoms with Gasteiger partial charge in [-0.15, -0.1) is 0 Å². The van der Waals surface area contributed by atoms with Crippen molar-refractivity contribution in [1.82, 2.24) is 9.80 Å². The number of hydrogen-bond donors (Lipinski definition) is 3. The van der Waals surface area contributed by atoms with Crippen molar-refractivity contribution in [2.75, 3.05) is 18.6 Å². The summed E-state index contributed by atoms with van der Waals surface area (Å²) in [5.74, 6) is -1.82. The number of carboxylic acid groups (broad SMARTS) is 2. The minimum absolute atomic E-state index is 0.354. The molecule has 3 atom stereocenters. The molecule has 1 unspecified atom stereocenters. The Bertz CT molecular complexity index is 709. The van der Waals surface area contributed by atoms with Crippen LogP contribution in [0.4, 0.5) is 5.69 Å². The van der Waals surface area contributed by atoms with Gasteiger partial charge in [-0.2, -0.15) is 16.2 Å². The molecule has 0 spiro atoms. The van der Waals surface area contributed by atoms with Gasteiger partial charge in [-0.1, -0.05) is 18.2 Å². The zero-order chi connectivity index (χ0) is 19.9. The second-order valence-corrected chi connectivity index (χ2v) is 7.43. The van der Waals surface area contributed by atoms with Crippen molar-refractivity contribution < 1.29 is 24.6 Å². The van der Waals surface area contributed by atoms with Gasteiger partial charge in [0.1, 0.15) is 24.0 Å². The van der Waals surface area contributed by atoms with Gasteiger partial charge >= 0.3 is 17.8 Å². The lowest BCUT2D eigenvalue weighted by Crippen LogP contribution is -2.61. The van der Waals surface area contributed by atoms with Crippen molar-refractivity contribution >= 4 is 35.3 Å². The average molecular weight is 393 g/mol. The molecule has 27 heavy (non-hydrogen) atoms. The van der Waals surface area contributed by atoms with Crippen LogP contribution in [0.2, 0.25) is 0 Å². The number of benzene rings is 1. The molecule has 1 aromatic rings. The summed E-state index contributed by atoms with van der Waals surface area (Å²) in [5.41, 5.74) is 0.547. The Kier molecular flexibility index (Phi) is 7.58. The van der Waals surface area contributed by atoms with E-state index in [4.69, 9.17) is 0 Å². The number of para-hydroxylation sites is 1. The minimum atomic E-state index is -1.10. The Morgan fingerprint density at radius 2 is 2.00 bits per heavy atom. The largest absolute Gasteiger partial charge is 0.480 e.